The fourth-order valence-corrected chi connectivity index (χ4v) is 4.58. The highest BCUT2D eigenvalue weighted by Crippen LogP contribution is 2.33. The Morgan fingerprint density at radius 3 is 2.40 bits per heavy atom. The van der Waals surface area contributed by atoms with E-state index in [1.54, 1.807) is 0 Å². The number of carbonyl (C=O) groups is 1. The number of amides is 1. The molecule has 2 aliphatic carbocycles. The van der Waals surface area contributed by atoms with Gasteiger partial charge in [-0.25, -0.2) is 0 Å². The molecule has 0 aromatic carbocycles. The van der Waals surface area contributed by atoms with Crippen molar-refractivity contribution in [3.05, 3.63) is 0 Å². The summed E-state index contributed by atoms with van der Waals surface area (Å²) >= 11 is 0. The maximum absolute atomic E-state index is 12.7. The Hall–Kier alpha value is -0.570. The van der Waals surface area contributed by atoms with Crippen LogP contribution in [0.1, 0.15) is 70.6 Å². The van der Waals surface area contributed by atoms with Gasteiger partial charge < -0.3 is 10.2 Å². The lowest BCUT2D eigenvalue weighted by Gasteiger charge is -2.42. The largest absolute Gasteiger partial charge is 0.341 e. The smallest absolute Gasteiger partial charge is 0.239 e. The van der Waals surface area contributed by atoms with Gasteiger partial charge in [-0.05, 0) is 44.4 Å². The zero-order valence-electron chi connectivity index (χ0n) is 12.9. The predicted octanol–water partition coefficient (Wildman–Crippen LogP) is 3.09. The van der Waals surface area contributed by atoms with Crippen LogP contribution in [0, 0.1) is 5.92 Å². The highest BCUT2D eigenvalue weighted by atomic mass is 16.2. The average Bonchev–Trinajstić information content (AvgIpc) is 2.54. The molecule has 0 aromatic heterocycles. The summed E-state index contributed by atoms with van der Waals surface area (Å²) in [6.07, 6.45) is 14.1. The van der Waals surface area contributed by atoms with Gasteiger partial charge >= 0.3 is 0 Å². The second-order valence-corrected chi connectivity index (χ2v) is 7.19. The lowest BCUT2D eigenvalue weighted by molar-refractivity contribution is -0.136. The van der Waals surface area contributed by atoms with E-state index in [2.05, 4.69) is 10.2 Å². The molecule has 0 aromatic rings. The molecule has 20 heavy (non-hydrogen) atoms. The zero-order valence-corrected chi connectivity index (χ0v) is 12.9. The van der Waals surface area contributed by atoms with Crippen LogP contribution in [0.2, 0.25) is 0 Å². The summed E-state index contributed by atoms with van der Waals surface area (Å²) in [5.74, 6) is 1.20. The molecular weight excluding hydrogens is 248 g/mol. The van der Waals surface area contributed by atoms with Gasteiger partial charge in [0.1, 0.15) is 0 Å². The fourth-order valence-electron chi connectivity index (χ4n) is 4.58. The number of carbonyl (C=O) groups excluding carboxylic acids is 1. The van der Waals surface area contributed by atoms with Gasteiger partial charge in [0.15, 0.2) is 0 Å². The monoisotopic (exact) mass is 278 g/mol. The molecule has 1 heterocycles. The minimum atomic E-state index is 0.0984. The predicted molar refractivity (Wildman–Crippen MR) is 81.5 cm³/mol. The Kier molecular flexibility index (Phi) is 4.65. The van der Waals surface area contributed by atoms with E-state index in [1.807, 2.05) is 7.05 Å². The summed E-state index contributed by atoms with van der Waals surface area (Å²) in [5.41, 5.74) is 0. The first kappa shape index (κ1) is 14.4. The van der Waals surface area contributed by atoms with Gasteiger partial charge in [0.05, 0.1) is 6.04 Å². The molecule has 1 aliphatic heterocycles. The van der Waals surface area contributed by atoms with Crippen LogP contribution in [0.25, 0.3) is 0 Å². The summed E-state index contributed by atoms with van der Waals surface area (Å²) in [6.45, 7) is 0. The Bertz CT molecular complexity index is 338. The van der Waals surface area contributed by atoms with E-state index in [4.69, 9.17) is 0 Å². The molecule has 3 nitrogen and oxygen atoms in total. The standard InChI is InChI=1S/C17H30N2O/c1-19(14-8-3-2-4-9-14)17(20)16-12-11-13-7-5-6-10-15(13)18-16/h13-16,18H,2-12H2,1H3. The van der Waals surface area contributed by atoms with E-state index < -0.39 is 0 Å². The zero-order chi connectivity index (χ0) is 13.9. The molecule has 3 fully saturated rings. The quantitative estimate of drug-likeness (QED) is 0.842. The van der Waals surface area contributed by atoms with Gasteiger partial charge in [0.25, 0.3) is 0 Å². The molecule has 3 rings (SSSR count). The molecule has 1 saturated heterocycles. The van der Waals surface area contributed by atoms with Crippen LogP contribution >= 0.6 is 0 Å². The molecule has 0 spiro atoms. The van der Waals surface area contributed by atoms with Gasteiger partial charge in [0.2, 0.25) is 5.91 Å². The van der Waals surface area contributed by atoms with Crippen molar-refractivity contribution in [2.75, 3.05) is 7.05 Å². The molecule has 3 unspecified atom stereocenters. The van der Waals surface area contributed by atoms with Crippen LogP contribution in [0.4, 0.5) is 0 Å². The SMILES string of the molecule is CN(C(=O)C1CCC2CCCCC2N1)C1CCCCC1. The Morgan fingerprint density at radius 1 is 0.900 bits per heavy atom. The lowest BCUT2D eigenvalue weighted by atomic mass is 9.77. The molecule has 3 heteroatoms. The molecule has 2 saturated carbocycles. The minimum Gasteiger partial charge on any atom is -0.341 e. The molecule has 1 N–H and O–H groups in total. The fraction of sp³-hybridized carbons (Fsp3) is 0.941. The van der Waals surface area contributed by atoms with Crippen molar-refractivity contribution in [1.29, 1.82) is 0 Å². The van der Waals surface area contributed by atoms with Crippen LogP contribution in [0.5, 0.6) is 0 Å². The third kappa shape index (κ3) is 3.03. The maximum Gasteiger partial charge on any atom is 0.239 e. The highest BCUT2D eigenvalue weighted by Gasteiger charge is 2.36. The Labute approximate surface area is 123 Å². The number of nitrogens with one attached hydrogen (secondary N) is 1. The van der Waals surface area contributed by atoms with E-state index in [0.717, 1.165) is 12.3 Å². The summed E-state index contributed by atoms with van der Waals surface area (Å²) < 4.78 is 0. The van der Waals surface area contributed by atoms with E-state index in [0.29, 0.717) is 18.0 Å². The van der Waals surface area contributed by atoms with Crippen molar-refractivity contribution in [2.45, 2.75) is 88.8 Å². The van der Waals surface area contributed by atoms with Crippen molar-refractivity contribution in [1.82, 2.24) is 10.2 Å². The Morgan fingerprint density at radius 2 is 1.60 bits per heavy atom. The molecule has 114 valence electrons. The Balaban J connectivity index is 1.56. The van der Waals surface area contributed by atoms with Crippen molar-refractivity contribution in [3.8, 4) is 0 Å². The minimum absolute atomic E-state index is 0.0984. The average molecular weight is 278 g/mol. The van der Waals surface area contributed by atoms with Crippen LogP contribution in [0.3, 0.4) is 0 Å². The third-order valence-electron chi connectivity index (χ3n) is 5.92. The van der Waals surface area contributed by atoms with Crippen molar-refractivity contribution < 1.29 is 4.79 Å². The number of rotatable bonds is 2. The van der Waals surface area contributed by atoms with Crippen LogP contribution in [-0.4, -0.2) is 36.0 Å². The van der Waals surface area contributed by atoms with Crippen LogP contribution < -0.4 is 5.32 Å². The van der Waals surface area contributed by atoms with Crippen molar-refractivity contribution in [2.24, 2.45) is 5.92 Å². The van der Waals surface area contributed by atoms with Crippen molar-refractivity contribution in [3.63, 3.8) is 0 Å². The number of fused-ring (bicyclic) bond motifs is 1. The number of piperidine rings is 1. The normalized spacial score (nSPS) is 35.4. The maximum atomic E-state index is 12.7. The summed E-state index contributed by atoms with van der Waals surface area (Å²) in [4.78, 5) is 14.8. The second kappa shape index (κ2) is 6.46. The summed E-state index contributed by atoms with van der Waals surface area (Å²) in [6, 6.07) is 1.22. The number of nitrogens with zero attached hydrogens (tertiary/aromatic N) is 1. The number of hydrogen-bond donors (Lipinski definition) is 1. The molecular formula is C17H30N2O. The lowest BCUT2D eigenvalue weighted by Crippen LogP contribution is -2.56. The van der Waals surface area contributed by atoms with E-state index in [9.17, 15) is 4.79 Å². The van der Waals surface area contributed by atoms with Gasteiger partial charge in [-0.2, -0.15) is 0 Å². The van der Waals surface area contributed by atoms with E-state index in [1.165, 1.54) is 64.2 Å². The van der Waals surface area contributed by atoms with E-state index >= 15 is 0 Å². The molecule has 3 aliphatic rings. The first-order valence-electron chi connectivity index (χ1n) is 8.78. The van der Waals surface area contributed by atoms with Crippen LogP contribution in [-0.2, 0) is 4.79 Å². The molecule has 0 bridgehead atoms. The van der Waals surface area contributed by atoms with Gasteiger partial charge in [-0.15, -0.1) is 0 Å². The third-order valence-corrected chi connectivity index (χ3v) is 5.92. The topological polar surface area (TPSA) is 32.3 Å². The first-order valence-corrected chi connectivity index (χ1v) is 8.78. The summed E-state index contributed by atoms with van der Waals surface area (Å²) in [5, 5.41) is 3.68. The second-order valence-electron chi connectivity index (χ2n) is 7.19. The first-order chi connectivity index (χ1) is 9.75. The van der Waals surface area contributed by atoms with E-state index in [-0.39, 0.29) is 6.04 Å². The highest BCUT2D eigenvalue weighted by molar-refractivity contribution is 5.82. The summed E-state index contributed by atoms with van der Waals surface area (Å²) in [7, 11) is 2.03. The van der Waals surface area contributed by atoms with Gasteiger partial charge in [0, 0.05) is 19.1 Å². The number of hydrogen-bond acceptors (Lipinski definition) is 2. The van der Waals surface area contributed by atoms with Gasteiger partial charge in [-0.1, -0.05) is 32.1 Å². The molecule has 0 radical (unpaired) electrons. The molecule has 1 amide bonds. The molecule has 3 atom stereocenters. The van der Waals surface area contributed by atoms with Crippen LogP contribution in [0.15, 0.2) is 0 Å². The van der Waals surface area contributed by atoms with Gasteiger partial charge in [-0.3, -0.25) is 4.79 Å². The number of likely N-dealkylation sites (N-methyl/N-ethyl adjacent to an activating group) is 1. The van der Waals surface area contributed by atoms with Crippen molar-refractivity contribution >= 4 is 5.91 Å².